The predicted octanol–water partition coefficient (Wildman–Crippen LogP) is 6.36. The smallest absolute Gasteiger partial charge is 0.286 e. The fourth-order valence-electron chi connectivity index (χ4n) is 5.04. The number of hydrogen-bond acceptors (Lipinski definition) is 6. The van der Waals surface area contributed by atoms with Crippen molar-refractivity contribution in [1.29, 1.82) is 0 Å². The van der Waals surface area contributed by atoms with E-state index < -0.39 is 11.2 Å². The maximum atomic E-state index is 14.6. The zero-order valence-corrected chi connectivity index (χ0v) is 23.4. The lowest BCUT2D eigenvalue weighted by atomic mass is 10.1. The highest BCUT2D eigenvalue weighted by atomic mass is 35.5. The lowest BCUT2D eigenvalue weighted by Gasteiger charge is -2.20. The van der Waals surface area contributed by atoms with Crippen molar-refractivity contribution in [2.75, 3.05) is 0 Å². The third-order valence-corrected chi connectivity index (χ3v) is 8.21. The van der Waals surface area contributed by atoms with E-state index in [0.717, 1.165) is 15.5 Å². The van der Waals surface area contributed by atoms with Crippen LogP contribution in [-0.2, 0) is 6.54 Å². The molecule has 0 spiro atoms. The van der Waals surface area contributed by atoms with Crippen molar-refractivity contribution in [3.8, 4) is 22.6 Å². The topological polar surface area (TPSA) is 87.6 Å². The highest BCUT2D eigenvalue weighted by Crippen LogP contribution is 2.30. The molecular formula is C30H18Cl2N6O2S. The first-order valence-electron chi connectivity index (χ1n) is 12.5. The number of fused-ring (bicyclic) bond motifs is 2. The van der Waals surface area contributed by atoms with Crippen LogP contribution >= 0.6 is 34.5 Å². The molecule has 3 aromatic carbocycles. The molecule has 0 bridgehead atoms. The summed E-state index contributed by atoms with van der Waals surface area (Å²) in [5.74, 6) is 0. The Kier molecular flexibility index (Phi) is 6.27. The summed E-state index contributed by atoms with van der Waals surface area (Å²) in [6.45, 7) is 0.141. The SMILES string of the molecule is O=c1c(-n2nnc3ccccc32)c(-c2cccc(Cl)c2)n(Cc2csc(Cl)c2)c(=O)n1-c1cncc2ccccc12. The van der Waals surface area contributed by atoms with Crippen LogP contribution in [0.3, 0.4) is 0 Å². The van der Waals surface area contributed by atoms with E-state index in [0.29, 0.717) is 42.7 Å². The molecule has 0 fully saturated rings. The lowest BCUT2D eigenvalue weighted by molar-refractivity contribution is 0.672. The molecule has 0 aliphatic heterocycles. The number of benzene rings is 3. The van der Waals surface area contributed by atoms with Crippen molar-refractivity contribution >= 4 is 56.3 Å². The summed E-state index contributed by atoms with van der Waals surface area (Å²) in [5.41, 5.74) is 2.34. The fourth-order valence-corrected chi connectivity index (χ4v) is 6.13. The molecule has 200 valence electrons. The van der Waals surface area contributed by atoms with Gasteiger partial charge in [-0.05, 0) is 41.3 Å². The third-order valence-electron chi connectivity index (χ3n) is 6.83. The summed E-state index contributed by atoms with van der Waals surface area (Å²) in [6.07, 6.45) is 3.22. The number of aromatic nitrogens is 6. The second kappa shape index (κ2) is 10.1. The van der Waals surface area contributed by atoms with E-state index in [4.69, 9.17) is 23.2 Å². The van der Waals surface area contributed by atoms with Gasteiger partial charge in [-0.3, -0.25) is 14.3 Å². The fraction of sp³-hybridized carbons (Fsp3) is 0.0333. The van der Waals surface area contributed by atoms with Crippen LogP contribution in [0.4, 0.5) is 0 Å². The molecule has 4 aromatic heterocycles. The zero-order valence-electron chi connectivity index (χ0n) is 21.1. The maximum Gasteiger partial charge on any atom is 0.336 e. The van der Waals surface area contributed by atoms with Crippen molar-refractivity contribution in [2.45, 2.75) is 6.54 Å². The molecule has 4 heterocycles. The number of thiophene rings is 1. The standard InChI is InChI=1S/C30H18Cl2N6O2S/c31-21-8-5-7-19(13-21)27-28(38-24-11-4-3-10-23(24)34-35-38)29(39)37(25-15-33-14-20-6-1-2-9-22(20)25)30(40)36(27)16-18-12-26(32)41-17-18/h1-15,17H,16H2. The maximum absolute atomic E-state index is 14.6. The van der Waals surface area contributed by atoms with Gasteiger partial charge in [-0.15, -0.1) is 16.4 Å². The number of rotatable bonds is 5. The summed E-state index contributed by atoms with van der Waals surface area (Å²) >= 11 is 14.1. The van der Waals surface area contributed by atoms with Crippen LogP contribution in [0, 0.1) is 0 Å². The highest BCUT2D eigenvalue weighted by molar-refractivity contribution is 7.14. The van der Waals surface area contributed by atoms with Gasteiger partial charge in [-0.2, -0.15) is 0 Å². The van der Waals surface area contributed by atoms with Crippen molar-refractivity contribution in [3.63, 3.8) is 0 Å². The molecule has 0 radical (unpaired) electrons. The molecule has 0 unspecified atom stereocenters. The molecule has 0 atom stereocenters. The molecule has 0 amide bonds. The minimum absolute atomic E-state index is 0.141. The molecule has 0 N–H and O–H groups in total. The van der Waals surface area contributed by atoms with Gasteiger partial charge in [-0.25, -0.2) is 14.0 Å². The molecule has 7 aromatic rings. The van der Waals surface area contributed by atoms with Crippen LogP contribution in [-0.4, -0.2) is 29.1 Å². The van der Waals surface area contributed by atoms with E-state index in [1.54, 1.807) is 35.0 Å². The van der Waals surface area contributed by atoms with Crippen LogP contribution in [0.2, 0.25) is 9.36 Å². The molecule has 8 nitrogen and oxygen atoms in total. The highest BCUT2D eigenvalue weighted by Gasteiger charge is 2.26. The summed E-state index contributed by atoms with van der Waals surface area (Å²) in [4.78, 5) is 33.5. The Morgan fingerprint density at radius 2 is 1.71 bits per heavy atom. The lowest BCUT2D eigenvalue weighted by Crippen LogP contribution is -2.42. The third kappa shape index (κ3) is 4.35. The van der Waals surface area contributed by atoms with Crippen LogP contribution in [0.1, 0.15) is 5.56 Å². The molecule has 0 saturated carbocycles. The summed E-state index contributed by atoms with van der Waals surface area (Å²) in [5, 5.41) is 12.5. The Morgan fingerprint density at radius 1 is 0.878 bits per heavy atom. The summed E-state index contributed by atoms with van der Waals surface area (Å²) in [7, 11) is 0. The van der Waals surface area contributed by atoms with Gasteiger partial charge in [0.25, 0.3) is 5.56 Å². The van der Waals surface area contributed by atoms with Crippen molar-refractivity contribution < 1.29 is 0 Å². The van der Waals surface area contributed by atoms with Gasteiger partial charge in [0.15, 0.2) is 5.69 Å². The Hall–Kier alpha value is -4.57. The quantitative estimate of drug-likeness (QED) is 0.230. The Balaban J connectivity index is 1.67. The van der Waals surface area contributed by atoms with E-state index >= 15 is 0 Å². The number of para-hydroxylation sites is 1. The first-order chi connectivity index (χ1) is 20.0. The molecule has 7 rings (SSSR count). The number of halogens is 2. The van der Waals surface area contributed by atoms with E-state index in [-0.39, 0.29) is 12.2 Å². The van der Waals surface area contributed by atoms with Crippen LogP contribution in [0.25, 0.3) is 44.4 Å². The summed E-state index contributed by atoms with van der Waals surface area (Å²) < 4.78 is 4.79. The average Bonchev–Trinajstić information content (AvgIpc) is 3.60. The van der Waals surface area contributed by atoms with Gasteiger partial charge in [0.05, 0.1) is 34.0 Å². The Bertz CT molecular complexity index is 2230. The largest absolute Gasteiger partial charge is 0.336 e. The van der Waals surface area contributed by atoms with E-state index in [1.807, 2.05) is 60.0 Å². The average molecular weight is 597 g/mol. The second-order valence-corrected chi connectivity index (χ2v) is 11.3. The van der Waals surface area contributed by atoms with Crippen molar-refractivity contribution in [3.05, 3.63) is 132 Å². The van der Waals surface area contributed by atoms with Gasteiger partial charge in [0, 0.05) is 27.6 Å². The van der Waals surface area contributed by atoms with Gasteiger partial charge < -0.3 is 0 Å². The Labute approximate surface area is 246 Å². The van der Waals surface area contributed by atoms with Gasteiger partial charge in [-0.1, -0.05) is 76.9 Å². The first kappa shape index (κ1) is 25.4. The van der Waals surface area contributed by atoms with E-state index in [9.17, 15) is 9.59 Å². The number of hydrogen-bond donors (Lipinski definition) is 0. The predicted molar refractivity (Wildman–Crippen MR) is 163 cm³/mol. The van der Waals surface area contributed by atoms with Crippen LogP contribution in [0.15, 0.2) is 106 Å². The minimum atomic E-state index is -0.571. The van der Waals surface area contributed by atoms with Gasteiger partial charge in [0.2, 0.25) is 0 Å². The Morgan fingerprint density at radius 3 is 2.54 bits per heavy atom. The zero-order chi connectivity index (χ0) is 28.1. The number of pyridine rings is 1. The molecule has 0 saturated heterocycles. The first-order valence-corrected chi connectivity index (χ1v) is 14.2. The van der Waals surface area contributed by atoms with E-state index in [2.05, 4.69) is 15.3 Å². The normalized spacial score (nSPS) is 11.5. The van der Waals surface area contributed by atoms with Crippen LogP contribution < -0.4 is 11.2 Å². The van der Waals surface area contributed by atoms with Crippen LogP contribution in [0.5, 0.6) is 0 Å². The monoisotopic (exact) mass is 596 g/mol. The molecule has 0 aliphatic rings. The van der Waals surface area contributed by atoms with Crippen molar-refractivity contribution in [2.24, 2.45) is 0 Å². The molecule has 11 heteroatoms. The van der Waals surface area contributed by atoms with E-state index in [1.165, 1.54) is 22.2 Å². The second-order valence-electron chi connectivity index (χ2n) is 9.35. The molecular weight excluding hydrogens is 579 g/mol. The van der Waals surface area contributed by atoms with Crippen molar-refractivity contribution in [1.82, 2.24) is 29.1 Å². The summed E-state index contributed by atoms with van der Waals surface area (Å²) in [6, 6.07) is 23.7. The number of nitrogens with zero attached hydrogens (tertiary/aromatic N) is 6. The molecule has 0 aliphatic carbocycles. The molecule has 41 heavy (non-hydrogen) atoms. The van der Waals surface area contributed by atoms with Gasteiger partial charge in [0.1, 0.15) is 5.52 Å². The van der Waals surface area contributed by atoms with Gasteiger partial charge >= 0.3 is 5.69 Å². The minimum Gasteiger partial charge on any atom is -0.286 e.